The number of sulfone groups is 1. The van der Waals surface area contributed by atoms with Crippen molar-refractivity contribution in [1.82, 2.24) is 0 Å². The average Bonchev–Trinajstić information content (AvgIpc) is 2.39. The first-order chi connectivity index (χ1) is 8.86. The van der Waals surface area contributed by atoms with E-state index in [9.17, 15) is 18.3 Å². The van der Waals surface area contributed by atoms with Gasteiger partial charge in [0.05, 0.1) is 4.90 Å². The lowest BCUT2D eigenvalue weighted by Gasteiger charge is -2.24. The molecule has 1 aromatic rings. The van der Waals surface area contributed by atoms with Crippen LogP contribution in [-0.2, 0) is 14.6 Å². The summed E-state index contributed by atoms with van der Waals surface area (Å²) in [6, 6.07) is 7.36. The largest absolute Gasteiger partial charge is 0.479 e. The van der Waals surface area contributed by atoms with Crippen LogP contribution in [0.4, 0.5) is 0 Å². The summed E-state index contributed by atoms with van der Waals surface area (Å²) in [4.78, 5) is 8.89. The average molecular weight is 286 g/mol. The normalized spacial score (nSPS) is 14.8. The second kappa shape index (κ2) is 6.14. The van der Waals surface area contributed by atoms with Gasteiger partial charge in [-0.25, -0.2) is 13.2 Å². The minimum Gasteiger partial charge on any atom is -0.479 e. The number of hydrogen-bond donors (Lipinski definition) is 3. The first-order valence-corrected chi connectivity index (χ1v) is 7.36. The van der Waals surface area contributed by atoms with Gasteiger partial charge in [0.25, 0.3) is 0 Å². The lowest BCUT2D eigenvalue weighted by atomic mass is 10.1. The maximum Gasteiger partial charge on any atom is 0.339 e. The lowest BCUT2D eigenvalue weighted by molar-refractivity contribution is -0.140. The zero-order valence-corrected chi connectivity index (χ0v) is 11.3. The van der Waals surface area contributed by atoms with E-state index >= 15 is 0 Å². The summed E-state index contributed by atoms with van der Waals surface area (Å²) in [6.45, 7) is 0.362. The van der Waals surface area contributed by atoms with E-state index in [0.717, 1.165) is 0 Å². The van der Waals surface area contributed by atoms with E-state index in [2.05, 4.69) is 0 Å². The molecule has 0 spiro atoms. The number of unbranched alkanes of at least 4 members (excludes halogenated alkanes) is 1. The van der Waals surface area contributed by atoms with Crippen molar-refractivity contribution in [3.63, 3.8) is 0 Å². The fraction of sp³-hybridized carbons (Fsp3) is 0.417. The fourth-order valence-corrected chi connectivity index (χ4v) is 3.28. The molecule has 0 saturated heterocycles. The molecule has 1 rings (SSSR count). The molecule has 5 N–H and O–H groups in total. The molecule has 0 amide bonds. The Labute approximate surface area is 112 Å². The van der Waals surface area contributed by atoms with E-state index in [1.165, 1.54) is 24.3 Å². The van der Waals surface area contributed by atoms with Crippen molar-refractivity contribution in [3.8, 4) is 0 Å². The highest BCUT2D eigenvalue weighted by Crippen LogP contribution is 2.26. The van der Waals surface area contributed by atoms with E-state index < -0.39 is 20.7 Å². The standard InChI is InChI=1S/C12H18N2O4S/c13-9-5-4-8-12(14,11(15)16)19(17,18)10-6-2-1-3-7-10/h1-3,6-7H,4-5,8-9,13-14H2,(H,15,16)/t12-/m1/s1. The first-order valence-electron chi connectivity index (χ1n) is 5.88. The molecule has 0 bridgehead atoms. The highest BCUT2D eigenvalue weighted by atomic mass is 32.2. The van der Waals surface area contributed by atoms with Crippen molar-refractivity contribution in [2.75, 3.05) is 6.54 Å². The van der Waals surface area contributed by atoms with Crippen LogP contribution in [0, 0.1) is 0 Å². The van der Waals surface area contributed by atoms with Gasteiger partial charge in [-0.15, -0.1) is 0 Å². The molecule has 7 heteroatoms. The number of aliphatic carboxylic acids is 1. The molecular formula is C12H18N2O4S. The Bertz CT molecular complexity index is 530. The molecule has 0 aromatic heterocycles. The summed E-state index contributed by atoms with van der Waals surface area (Å²) in [5.41, 5.74) is 11.0. The van der Waals surface area contributed by atoms with Gasteiger partial charge in [-0.2, -0.15) is 0 Å². The van der Waals surface area contributed by atoms with Gasteiger partial charge in [0.1, 0.15) is 0 Å². The third kappa shape index (κ3) is 3.12. The highest BCUT2D eigenvalue weighted by Gasteiger charge is 2.47. The maximum atomic E-state index is 12.4. The van der Waals surface area contributed by atoms with Crippen molar-refractivity contribution in [3.05, 3.63) is 30.3 Å². The minimum absolute atomic E-state index is 0.0901. The minimum atomic E-state index is -4.14. The first kappa shape index (κ1) is 15.6. The van der Waals surface area contributed by atoms with Crippen LogP contribution < -0.4 is 11.5 Å². The fourth-order valence-electron chi connectivity index (χ4n) is 1.70. The molecule has 0 saturated carbocycles. The van der Waals surface area contributed by atoms with Crippen molar-refractivity contribution in [2.24, 2.45) is 11.5 Å². The Hall–Kier alpha value is -1.44. The molecule has 0 aliphatic rings. The van der Waals surface area contributed by atoms with Crippen molar-refractivity contribution in [1.29, 1.82) is 0 Å². The molecule has 1 atom stereocenters. The third-order valence-electron chi connectivity index (χ3n) is 2.90. The molecule has 0 unspecified atom stereocenters. The zero-order valence-electron chi connectivity index (χ0n) is 10.5. The van der Waals surface area contributed by atoms with Gasteiger partial charge in [0.15, 0.2) is 0 Å². The van der Waals surface area contributed by atoms with E-state index in [1.807, 2.05) is 0 Å². The maximum absolute atomic E-state index is 12.4. The number of benzene rings is 1. The van der Waals surface area contributed by atoms with Crippen LogP contribution >= 0.6 is 0 Å². The molecule has 0 radical (unpaired) electrons. The van der Waals surface area contributed by atoms with Crippen molar-refractivity contribution < 1.29 is 18.3 Å². The predicted molar refractivity (Wildman–Crippen MR) is 71.1 cm³/mol. The number of carbonyl (C=O) groups is 1. The summed E-state index contributed by atoms with van der Waals surface area (Å²) in [5, 5.41) is 9.19. The smallest absolute Gasteiger partial charge is 0.339 e. The van der Waals surface area contributed by atoms with Gasteiger partial charge in [0, 0.05) is 0 Å². The Kier molecular flexibility index (Phi) is 5.04. The topological polar surface area (TPSA) is 123 Å². The van der Waals surface area contributed by atoms with Crippen LogP contribution in [0.2, 0.25) is 0 Å². The van der Waals surface area contributed by atoms with E-state index in [-0.39, 0.29) is 11.3 Å². The number of carboxylic acid groups (broad SMARTS) is 1. The Morgan fingerprint density at radius 2 is 1.79 bits per heavy atom. The van der Waals surface area contributed by atoms with Crippen LogP contribution in [0.25, 0.3) is 0 Å². The van der Waals surface area contributed by atoms with Crippen LogP contribution in [0.3, 0.4) is 0 Å². The van der Waals surface area contributed by atoms with E-state index in [1.54, 1.807) is 6.07 Å². The SMILES string of the molecule is NCCCC[C@](N)(C(=O)O)S(=O)(=O)c1ccccc1. The van der Waals surface area contributed by atoms with Crippen LogP contribution in [-0.4, -0.2) is 30.9 Å². The predicted octanol–water partition coefficient (Wildman–Crippen LogP) is 0.329. The molecule has 19 heavy (non-hydrogen) atoms. The molecule has 0 fully saturated rings. The van der Waals surface area contributed by atoms with Gasteiger partial charge in [-0.1, -0.05) is 18.2 Å². The number of hydrogen-bond acceptors (Lipinski definition) is 5. The zero-order chi connectivity index (χ0) is 14.5. The summed E-state index contributed by atoms with van der Waals surface area (Å²) in [5.74, 6) is -1.55. The summed E-state index contributed by atoms with van der Waals surface area (Å²) in [6.07, 6.45) is 0.693. The lowest BCUT2D eigenvalue weighted by Crippen LogP contribution is -2.54. The highest BCUT2D eigenvalue weighted by molar-refractivity contribution is 7.93. The molecule has 0 aliphatic carbocycles. The summed E-state index contributed by atoms with van der Waals surface area (Å²) >= 11 is 0. The second-order valence-electron chi connectivity index (χ2n) is 4.26. The van der Waals surface area contributed by atoms with Crippen LogP contribution in [0.5, 0.6) is 0 Å². The summed E-state index contributed by atoms with van der Waals surface area (Å²) in [7, 11) is -4.14. The number of carboxylic acids is 1. The summed E-state index contributed by atoms with van der Waals surface area (Å²) < 4.78 is 24.7. The van der Waals surface area contributed by atoms with E-state index in [4.69, 9.17) is 11.5 Å². The number of nitrogens with two attached hydrogens (primary N) is 2. The Balaban J connectivity index is 3.15. The van der Waals surface area contributed by atoms with E-state index in [0.29, 0.717) is 19.4 Å². The molecule has 6 nitrogen and oxygen atoms in total. The number of rotatable bonds is 7. The molecule has 106 valence electrons. The van der Waals surface area contributed by atoms with Gasteiger partial charge >= 0.3 is 5.97 Å². The Morgan fingerprint density at radius 1 is 1.21 bits per heavy atom. The monoisotopic (exact) mass is 286 g/mol. The van der Waals surface area contributed by atoms with Crippen molar-refractivity contribution >= 4 is 15.8 Å². The van der Waals surface area contributed by atoms with Gasteiger partial charge in [-0.05, 0) is 37.9 Å². The van der Waals surface area contributed by atoms with Crippen molar-refractivity contribution in [2.45, 2.75) is 29.0 Å². The molecule has 1 aromatic carbocycles. The second-order valence-corrected chi connectivity index (χ2v) is 6.46. The third-order valence-corrected chi connectivity index (χ3v) is 5.13. The molecule has 0 heterocycles. The van der Waals surface area contributed by atoms with Gasteiger partial charge < -0.3 is 16.6 Å². The molecular weight excluding hydrogens is 268 g/mol. The molecule has 0 aliphatic heterocycles. The quantitative estimate of drug-likeness (QED) is 0.620. The van der Waals surface area contributed by atoms with Gasteiger partial charge in [-0.3, -0.25) is 0 Å². The van der Waals surface area contributed by atoms with Gasteiger partial charge in [0.2, 0.25) is 14.7 Å². The van der Waals surface area contributed by atoms with Crippen LogP contribution in [0.15, 0.2) is 35.2 Å². The van der Waals surface area contributed by atoms with Crippen LogP contribution in [0.1, 0.15) is 19.3 Å². The Morgan fingerprint density at radius 3 is 2.26 bits per heavy atom.